The summed E-state index contributed by atoms with van der Waals surface area (Å²) in [6, 6.07) is 11.2. The number of sulfonamides is 1. The molecule has 0 unspecified atom stereocenters. The number of nitrogens with zero attached hydrogens (tertiary/aromatic N) is 1. The Morgan fingerprint density at radius 2 is 1.59 bits per heavy atom. The third-order valence-electron chi connectivity index (χ3n) is 7.28. The van der Waals surface area contributed by atoms with Gasteiger partial charge >= 0.3 is 0 Å². The molecule has 1 N–H and O–H groups in total. The normalized spacial score (nSPS) is 15.1. The van der Waals surface area contributed by atoms with Crippen LogP contribution in [0.5, 0.6) is 0 Å². The molecular formula is C31H46N2O3S. The Hall–Kier alpha value is -2.18. The summed E-state index contributed by atoms with van der Waals surface area (Å²) < 4.78 is 28.2. The van der Waals surface area contributed by atoms with Gasteiger partial charge in [-0.15, -0.1) is 0 Å². The van der Waals surface area contributed by atoms with Crippen molar-refractivity contribution in [1.82, 2.24) is 9.62 Å². The highest BCUT2D eigenvalue weighted by Gasteiger charge is 2.22. The van der Waals surface area contributed by atoms with Gasteiger partial charge in [-0.2, -0.15) is 0 Å². The van der Waals surface area contributed by atoms with Crippen LogP contribution in [0, 0.1) is 11.8 Å². The zero-order valence-electron chi connectivity index (χ0n) is 23.6. The van der Waals surface area contributed by atoms with E-state index in [2.05, 4.69) is 44.5 Å². The van der Waals surface area contributed by atoms with Crippen molar-refractivity contribution in [2.45, 2.75) is 96.4 Å². The second kappa shape index (κ2) is 13.1. The van der Waals surface area contributed by atoms with E-state index in [0.717, 1.165) is 42.0 Å². The second-order valence-corrected chi connectivity index (χ2v) is 13.6. The Bertz CT molecular complexity index is 1150. The average molecular weight is 527 g/mol. The molecule has 0 aromatic heterocycles. The van der Waals surface area contributed by atoms with Gasteiger partial charge in [-0.3, -0.25) is 4.79 Å². The van der Waals surface area contributed by atoms with Crippen LogP contribution in [-0.2, 0) is 40.6 Å². The molecule has 1 aliphatic rings. The molecule has 0 saturated heterocycles. The fraction of sp³-hybridized carbons (Fsp3) is 0.581. The van der Waals surface area contributed by atoms with Gasteiger partial charge in [0, 0.05) is 6.54 Å². The van der Waals surface area contributed by atoms with E-state index >= 15 is 0 Å². The predicted octanol–water partition coefficient (Wildman–Crippen LogP) is 6.24. The predicted molar refractivity (Wildman–Crippen MR) is 152 cm³/mol. The van der Waals surface area contributed by atoms with Gasteiger partial charge in [0.05, 0.1) is 11.3 Å². The second-order valence-electron chi connectivity index (χ2n) is 11.9. The van der Waals surface area contributed by atoms with Gasteiger partial charge in [0.25, 0.3) is 10.0 Å². The van der Waals surface area contributed by atoms with Crippen LogP contribution in [0.1, 0.15) is 93.5 Å². The SMILES string of the molecule is CC(C)Cc1cc(CC(=O)NS(=O)(=O)c2ccc(CN(C)C)cc2)c(C(C)C)cc1CC1CCCCC1. The highest BCUT2D eigenvalue weighted by Crippen LogP contribution is 2.32. The molecule has 37 heavy (non-hydrogen) atoms. The largest absolute Gasteiger partial charge is 0.305 e. The van der Waals surface area contributed by atoms with Crippen LogP contribution >= 0.6 is 0 Å². The molecule has 6 heteroatoms. The zero-order chi connectivity index (χ0) is 27.2. The molecule has 2 aromatic rings. The maximum atomic E-state index is 13.0. The highest BCUT2D eigenvalue weighted by molar-refractivity contribution is 7.90. The summed E-state index contributed by atoms with van der Waals surface area (Å²) in [7, 11) is -0.000172. The van der Waals surface area contributed by atoms with E-state index in [1.54, 1.807) is 24.3 Å². The molecule has 2 aromatic carbocycles. The van der Waals surface area contributed by atoms with Crippen molar-refractivity contribution in [3.63, 3.8) is 0 Å². The number of rotatable bonds is 11. The summed E-state index contributed by atoms with van der Waals surface area (Å²) in [5.41, 5.74) is 5.83. The molecule has 0 aliphatic heterocycles. The van der Waals surface area contributed by atoms with Crippen molar-refractivity contribution in [3.05, 3.63) is 64.2 Å². The van der Waals surface area contributed by atoms with E-state index in [0.29, 0.717) is 5.92 Å². The van der Waals surface area contributed by atoms with E-state index in [9.17, 15) is 13.2 Å². The Morgan fingerprint density at radius 3 is 2.16 bits per heavy atom. The minimum absolute atomic E-state index is 0.0558. The van der Waals surface area contributed by atoms with Crippen LogP contribution in [0.4, 0.5) is 0 Å². The smallest absolute Gasteiger partial charge is 0.264 e. The Kier molecular flexibility index (Phi) is 10.4. The zero-order valence-corrected chi connectivity index (χ0v) is 24.5. The van der Waals surface area contributed by atoms with Crippen molar-refractivity contribution < 1.29 is 13.2 Å². The van der Waals surface area contributed by atoms with Crippen molar-refractivity contribution in [2.24, 2.45) is 11.8 Å². The summed E-state index contributed by atoms with van der Waals surface area (Å²) in [4.78, 5) is 15.2. The molecule has 204 valence electrons. The fourth-order valence-corrected chi connectivity index (χ4v) is 6.51. The van der Waals surface area contributed by atoms with Crippen molar-refractivity contribution in [2.75, 3.05) is 14.1 Å². The quantitative estimate of drug-likeness (QED) is 0.376. The lowest BCUT2D eigenvalue weighted by Crippen LogP contribution is -2.32. The van der Waals surface area contributed by atoms with Crippen LogP contribution in [0.25, 0.3) is 0 Å². The number of hydrogen-bond donors (Lipinski definition) is 1. The van der Waals surface area contributed by atoms with Gasteiger partial charge in [-0.05, 0) is 84.6 Å². The molecule has 1 aliphatic carbocycles. The number of nitrogens with one attached hydrogen (secondary N) is 1. The lowest BCUT2D eigenvalue weighted by Gasteiger charge is -2.25. The molecule has 0 atom stereocenters. The third kappa shape index (κ3) is 8.68. The molecule has 0 spiro atoms. The van der Waals surface area contributed by atoms with Crippen LogP contribution in [-0.4, -0.2) is 33.3 Å². The highest BCUT2D eigenvalue weighted by atomic mass is 32.2. The van der Waals surface area contributed by atoms with E-state index in [1.807, 2.05) is 19.0 Å². The topological polar surface area (TPSA) is 66.5 Å². The summed E-state index contributed by atoms with van der Waals surface area (Å²) in [5.74, 6) is 1.01. The van der Waals surface area contributed by atoms with Crippen molar-refractivity contribution >= 4 is 15.9 Å². The number of carbonyl (C=O) groups is 1. The number of amides is 1. The summed E-state index contributed by atoms with van der Waals surface area (Å²) >= 11 is 0. The molecule has 0 radical (unpaired) electrons. The van der Waals surface area contributed by atoms with E-state index in [1.165, 1.54) is 43.2 Å². The number of carbonyl (C=O) groups excluding carboxylic acids is 1. The molecular weight excluding hydrogens is 480 g/mol. The average Bonchev–Trinajstić information content (AvgIpc) is 2.80. The Morgan fingerprint density at radius 1 is 0.946 bits per heavy atom. The molecule has 0 heterocycles. The maximum Gasteiger partial charge on any atom is 0.264 e. The lowest BCUT2D eigenvalue weighted by molar-refractivity contribution is -0.118. The van der Waals surface area contributed by atoms with Crippen molar-refractivity contribution in [3.8, 4) is 0 Å². The van der Waals surface area contributed by atoms with Gasteiger partial charge in [-0.25, -0.2) is 13.1 Å². The molecule has 3 rings (SSSR count). The summed E-state index contributed by atoms with van der Waals surface area (Å²) in [6.45, 7) is 9.47. The molecule has 5 nitrogen and oxygen atoms in total. The molecule has 1 saturated carbocycles. The minimum atomic E-state index is -3.93. The third-order valence-corrected chi connectivity index (χ3v) is 8.67. The first-order valence-corrected chi connectivity index (χ1v) is 15.4. The van der Waals surface area contributed by atoms with E-state index < -0.39 is 15.9 Å². The molecule has 0 bridgehead atoms. The fourth-order valence-electron chi connectivity index (χ4n) is 5.53. The van der Waals surface area contributed by atoms with Gasteiger partial charge in [0.15, 0.2) is 0 Å². The van der Waals surface area contributed by atoms with E-state index in [4.69, 9.17) is 0 Å². The van der Waals surface area contributed by atoms with Crippen molar-refractivity contribution in [1.29, 1.82) is 0 Å². The van der Waals surface area contributed by atoms with E-state index in [-0.39, 0.29) is 17.2 Å². The first-order valence-electron chi connectivity index (χ1n) is 13.9. The monoisotopic (exact) mass is 526 g/mol. The Balaban J connectivity index is 1.82. The summed E-state index contributed by atoms with van der Waals surface area (Å²) in [5, 5.41) is 0. The van der Waals surface area contributed by atoms with Crippen LogP contribution in [0.3, 0.4) is 0 Å². The van der Waals surface area contributed by atoms with Crippen LogP contribution in [0.2, 0.25) is 0 Å². The van der Waals surface area contributed by atoms with Gasteiger partial charge in [0.1, 0.15) is 0 Å². The molecule has 1 amide bonds. The first kappa shape index (κ1) is 29.4. The van der Waals surface area contributed by atoms with Gasteiger partial charge < -0.3 is 4.90 Å². The first-order chi connectivity index (χ1) is 17.4. The Labute approximate surface area is 225 Å². The van der Waals surface area contributed by atoms with Crippen LogP contribution < -0.4 is 4.72 Å². The molecule has 1 fully saturated rings. The maximum absolute atomic E-state index is 13.0. The van der Waals surface area contributed by atoms with Gasteiger partial charge in [0.2, 0.25) is 5.91 Å². The van der Waals surface area contributed by atoms with Crippen LogP contribution in [0.15, 0.2) is 41.3 Å². The number of hydrogen-bond acceptors (Lipinski definition) is 4. The number of benzene rings is 2. The lowest BCUT2D eigenvalue weighted by atomic mass is 9.80. The standard InChI is InChI=1S/C31H46N2O3S/c1-22(2)16-26-18-28(30(23(3)4)19-27(26)17-24-10-8-7-9-11-24)20-31(34)32-37(35,36)29-14-12-25(13-15-29)21-33(5)6/h12-15,18-19,22-24H,7-11,16-17,20-21H2,1-6H3,(H,32,34). The van der Waals surface area contributed by atoms with Gasteiger partial charge in [-0.1, -0.05) is 84.1 Å². The summed E-state index contributed by atoms with van der Waals surface area (Å²) in [6.07, 6.45) is 8.73. The minimum Gasteiger partial charge on any atom is -0.305 e.